The predicted octanol–water partition coefficient (Wildman–Crippen LogP) is 1.77. The second-order valence-corrected chi connectivity index (χ2v) is 5.56. The Balaban J connectivity index is 1.95. The van der Waals surface area contributed by atoms with E-state index in [0.29, 0.717) is 6.42 Å². The van der Waals surface area contributed by atoms with E-state index in [1.165, 1.54) is 0 Å². The summed E-state index contributed by atoms with van der Waals surface area (Å²) in [4.78, 5) is 15.9. The van der Waals surface area contributed by atoms with Crippen molar-refractivity contribution in [3.05, 3.63) is 42.1 Å². The first-order chi connectivity index (χ1) is 10.2. The number of rotatable bonds is 6. The second kappa shape index (κ2) is 7.75. The highest BCUT2D eigenvalue weighted by atomic mass is 32.2. The fourth-order valence-corrected chi connectivity index (χ4v) is 2.29. The van der Waals surface area contributed by atoms with Crippen molar-refractivity contribution >= 4 is 34.8 Å². The van der Waals surface area contributed by atoms with Crippen molar-refractivity contribution in [2.75, 3.05) is 12.0 Å². The van der Waals surface area contributed by atoms with Crippen LogP contribution in [0.2, 0.25) is 0 Å². The summed E-state index contributed by atoms with van der Waals surface area (Å²) in [5.41, 5.74) is 10.0. The van der Waals surface area contributed by atoms with Crippen LogP contribution in [-0.4, -0.2) is 35.2 Å². The third kappa shape index (κ3) is 4.54. The molecular formula is C15H18N4OS. The molecule has 0 aliphatic rings. The Morgan fingerprint density at radius 3 is 3.19 bits per heavy atom. The Bertz CT molecular complexity index is 644. The smallest absolute Gasteiger partial charge is 0.256 e. The van der Waals surface area contributed by atoms with Crippen LogP contribution >= 0.6 is 11.8 Å². The van der Waals surface area contributed by atoms with E-state index in [9.17, 15) is 4.79 Å². The summed E-state index contributed by atoms with van der Waals surface area (Å²) in [7, 11) is 0. The van der Waals surface area contributed by atoms with E-state index in [0.717, 1.165) is 22.2 Å². The largest absolute Gasteiger partial charge is 0.320 e. The Kier molecular flexibility index (Phi) is 5.71. The van der Waals surface area contributed by atoms with Crippen molar-refractivity contribution in [1.82, 2.24) is 10.4 Å². The van der Waals surface area contributed by atoms with Gasteiger partial charge in [0, 0.05) is 11.6 Å². The van der Waals surface area contributed by atoms with Gasteiger partial charge in [-0.3, -0.25) is 9.78 Å². The van der Waals surface area contributed by atoms with Crippen LogP contribution in [0, 0.1) is 0 Å². The van der Waals surface area contributed by atoms with Crippen molar-refractivity contribution in [2.24, 2.45) is 10.8 Å². The molecule has 1 aromatic carbocycles. The molecule has 0 radical (unpaired) electrons. The number of benzene rings is 1. The molecular weight excluding hydrogens is 284 g/mol. The highest BCUT2D eigenvalue weighted by Crippen LogP contribution is 2.11. The first-order valence-corrected chi connectivity index (χ1v) is 8.02. The van der Waals surface area contributed by atoms with Crippen LogP contribution in [0.5, 0.6) is 0 Å². The number of carbonyl (C=O) groups excluding carboxylic acids is 1. The summed E-state index contributed by atoms with van der Waals surface area (Å²) in [6.45, 7) is 0. The number of thioether (sulfide) groups is 1. The third-order valence-corrected chi connectivity index (χ3v) is 3.63. The summed E-state index contributed by atoms with van der Waals surface area (Å²) in [5, 5.41) is 4.98. The van der Waals surface area contributed by atoms with Crippen molar-refractivity contribution in [2.45, 2.75) is 12.5 Å². The molecule has 2 aromatic rings. The molecule has 0 bridgehead atoms. The monoisotopic (exact) mass is 302 g/mol. The molecule has 21 heavy (non-hydrogen) atoms. The molecule has 0 fully saturated rings. The summed E-state index contributed by atoms with van der Waals surface area (Å²) in [6, 6.07) is 9.13. The minimum atomic E-state index is -0.518. The van der Waals surface area contributed by atoms with E-state index in [4.69, 9.17) is 5.73 Å². The van der Waals surface area contributed by atoms with Gasteiger partial charge in [-0.25, -0.2) is 5.43 Å². The van der Waals surface area contributed by atoms with E-state index in [-0.39, 0.29) is 5.91 Å². The van der Waals surface area contributed by atoms with E-state index in [1.54, 1.807) is 24.2 Å². The number of nitrogens with zero attached hydrogens (tertiary/aromatic N) is 2. The van der Waals surface area contributed by atoms with Gasteiger partial charge in [-0.05, 0) is 42.2 Å². The summed E-state index contributed by atoms with van der Waals surface area (Å²) in [5.74, 6) is 0.596. The molecule has 2 rings (SSSR count). The van der Waals surface area contributed by atoms with Gasteiger partial charge in [0.1, 0.15) is 0 Å². The molecule has 0 saturated carbocycles. The summed E-state index contributed by atoms with van der Waals surface area (Å²) >= 11 is 1.66. The molecule has 1 aromatic heterocycles. The van der Waals surface area contributed by atoms with Crippen molar-refractivity contribution in [1.29, 1.82) is 0 Å². The average molecular weight is 302 g/mol. The maximum absolute atomic E-state index is 11.7. The van der Waals surface area contributed by atoms with Crippen molar-refractivity contribution < 1.29 is 4.79 Å². The lowest BCUT2D eigenvalue weighted by Crippen LogP contribution is -2.38. The van der Waals surface area contributed by atoms with Gasteiger partial charge in [0.05, 0.1) is 17.8 Å². The van der Waals surface area contributed by atoms with Crippen molar-refractivity contribution in [3.8, 4) is 0 Å². The minimum Gasteiger partial charge on any atom is -0.320 e. The number of nitrogens with one attached hydrogen (secondary N) is 1. The molecule has 110 valence electrons. The van der Waals surface area contributed by atoms with Gasteiger partial charge in [-0.15, -0.1) is 0 Å². The van der Waals surface area contributed by atoms with Crippen molar-refractivity contribution in [3.63, 3.8) is 0 Å². The standard InChI is InChI=1S/C15H18N4OS/c1-21-8-6-13(16)15(20)19-18-10-11-4-5-14-12(9-11)3-2-7-17-14/h2-5,7,9-10,13H,6,8,16H2,1H3,(H,19,20). The number of carbonyl (C=O) groups is 1. The Morgan fingerprint density at radius 2 is 2.38 bits per heavy atom. The number of hydrogen-bond donors (Lipinski definition) is 2. The van der Waals surface area contributed by atoms with Crippen LogP contribution in [0.15, 0.2) is 41.6 Å². The Labute approximate surface area is 128 Å². The first kappa shape index (κ1) is 15.5. The first-order valence-electron chi connectivity index (χ1n) is 6.63. The maximum atomic E-state index is 11.7. The lowest BCUT2D eigenvalue weighted by molar-refractivity contribution is -0.122. The molecule has 3 N–H and O–H groups in total. The average Bonchev–Trinajstić information content (AvgIpc) is 2.52. The van der Waals surface area contributed by atoms with Crippen LogP contribution in [0.1, 0.15) is 12.0 Å². The number of pyridine rings is 1. The molecule has 6 heteroatoms. The van der Waals surface area contributed by atoms with Gasteiger partial charge in [0.25, 0.3) is 5.91 Å². The van der Waals surface area contributed by atoms with E-state index in [1.807, 2.05) is 36.6 Å². The van der Waals surface area contributed by atoms with Crippen LogP contribution in [0.3, 0.4) is 0 Å². The molecule has 1 heterocycles. The topological polar surface area (TPSA) is 80.4 Å². The van der Waals surface area contributed by atoms with Crippen LogP contribution in [-0.2, 0) is 4.79 Å². The molecule has 1 amide bonds. The molecule has 0 aliphatic heterocycles. The second-order valence-electron chi connectivity index (χ2n) is 4.58. The number of aromatic nitrogens is 1. The maximum Gasteiger partial charge on any atom is 0.256 e. The third-order valence-electron chi connectivity index (χ3n) is 2.99. The van der Waals surface area contributed by atoms with E-state index >= 15 is 0 Å². The highest BCUT2D eigenvalue weighted by molar-refractivity contribution is 7.98. The molecule has 1 atom stereocenters. The normalized spacial score (nSPS) is 12.7. The molecule has 0 saturated heterocycles. The molecule has 0 aliphatic carbocycles. The summed E-state index contributed by atoms with van der Waals surface area (Å²) in [6.07, 6.45) is 5.99. The van der Waals surface area contributed by atoms with Crippen LogP contribution in [0.4, 0.5) is 0 Å². The SMILES string of the molecule is CSCCC(N)C(=O)NN=Cc1ccc2ncccc2c1. The fraction of sp³-hybridized carbons (Fsp3) is 0.267. The zero-order valence-electron chi connectivity index (χ0n) is 11.8. The lowest BCUT2D eigenvalue weighted by Gasteiger charge is -2.08. The number of hydrazone groups is 1. The fourth-order valence-electron chi connectivity index (χ4n) is 1.80. The molecule has 5 nitrogen and oxygen atoms in total. The van der Waals surface area contributed by atoms with Gasteiger partial charge < -0.3 is 5.73 Å². The van der Waals surface area contributed by atoms with Gasteiger partial charge in [0.2, 0.25) is 0 Å². The van der Waals surface area contributed by atoms with Gasteiger partial charge in [-0.1, -0.05) is 12.1 Å². The van der Waals surface area contributed by atoms with Gasteiger partial charge in [-0.2, -0.15) is 16.9 Å². The Hall–Kier alpha value is -1.92. The van der Waals surface area contributed by atoms with Crippen LogP contribution in [0.25, 0.3) is 10.9 Å². The number of fused-ring (bicyclic) bond motifs is 1. The predicted molar refractivity (Wildman–Crippen MR) is 88.5 cm³/mol. The number of amides is 1. The quantitative estimate of drug-likeness (QED) is 0.629. The number of hydrogen-bond acceptors (Lipinski definition) is 5. The molecule has 0 spiro atoms. The van der Waals surface area contributed by atoms with E-state index < -0.39 is 6.04 Å². The summed E-state index contributed by atoms with van der Waals surface area (Å²) < 4.78 is 0. The zero-order valence-corrected chi connectivity index (χ0v) is 12.6. The van der Waals surface area contributed by atoms with E-state index in [2.05, 4.69) is 15.5 Å². The lowest BCUT2D eigenvalue weighted by atomic mass is 10.1. The highest BCUT2D eigenvalue weighted by Gasteiger charge is 2.11. The Morgan fingerprint density at radius 1 is 1.52 bits per heavy atom. The molecule has 1 unspecified atom stereocenters. The van der Waals surface area contributed by atoms with Gasteiger partial charge >= 0.3 is 0 Å². The number of nitrogens with two attached hydrogens (primary N) is 1. The van der Waals surface area contributed by atoms with Crippen LogP contribution < -0.4 is 11.2 Å². The van der Waals surface area contributed by atoms with Gasteiger partial charge in [0.15, 0.2) is 0 Å². The zero-order chi connectivity index (χ0) is 15.1. The minimum absolute atomic E-state index is 0.261.